The van der Waals surface area contributed by atoms with Gasteiger partial charge < -0.3 is 14.9 Å². The van der Waals surface area contributed by atoms with E-state index < -0.39 is 5.91 Å². The van der Waals surface area contributed by atoms with Crippen molar-refractivity contribution < 1.29 is 24.5 Å². The fourth-order valence-corrected chi connectivity index (χ4v) is 2.58. The number of hydrogen-bond donors (Lipinski definition) is 2. The molecule has 2 N–H and O–H groups in total. The molecular weight excluding hydrogens is 310 g/mol. The largest absolute Gasteiger partial charge is 0.504 e. The van der Waals surface area contributed by atoms with E-state index in [2.05, 4.69) is 0 Å². The second-order valence-electron chi connectivity index (χ2n) is 5.31. The van der Waals surface area contributed by atoms with Crippen molar-refractivity contribution >= 4 is 23.6 Å². The third-order valence-corrected chi connectivity index (χ3v) is 3.72. The molecule has 0 unspecified atom stereocenters. The summed E-state index contributed by atoms with van der Waals surface area (Å²) in [5.74, 6) is -1.37. The molecule has 0 saturated carbocycles. The van der Waals surface area contributed by atoms with Gasteiger partial charge in [-0.25, -0.2) is 4.90 Å². The first kappa shape index (κ1) is 15.6. The molecule has 6 nitrogen and oxygen atoms in total. The van der Waals surface area contributed by atoms with E-state index in [0.717, 1.165) is 4.90 Å². The van der Waals surface area contributed by atoms with E-state index in [4.69, 9.17) is 4.74 Å². The molecule has 2 aromatic carbocycles. The number of methoxy groups -OCH3 is 1. The van der Waals surface area contributed by atoms with Gasteiger partial charge in [-0.3, -0.25) is 9.59 Å². The second kappa shape index (κ2) is 6.08. The Hall–Kier alpha value is -3.28. The molecule has 2 aromatic rings. The highest BCUT2D eigenvalue weighted by molar-refractivity contribution is 6.29. The van der Waals surface area contributed by atoms with Gasteiger partial charge in [0.15, 0.2) is 11.5 Å². The average molecular weight is 325 g/mol. The van der Waals surface area contributed by atoms with Crippen LogP contribution in [0.3, 0.4) is 0 Å². The van der Waals surface area contributed by atoms with Crippen molar-refractivity contribution in [3.05, 3.63) is 53.6 Å². The van der Waals surface area contributed by atoms with Gasteiger partial charge in [0.25, 0.3) is 5.91 Å². The molecule has 0 aromatic heterocycles. The van der Waals surface area contributed by atoms with E-state index in [1.807, 2.05) is 0 Å². The first-order valence-corrected chi connectivity index (χ1v) is 7.24. The van der Waals surface area contributed by atoms with Crippen LogP contribution in [0.2, 0.25) is 0 Å². The fraction of sp³-hybridized carbons (Fsp3) is 0.111. The smallest absolute Gasteiger partial charge is 0.261 e. The highest BCUT2D eigenvalue weighted by Gasteiger charge is 2.34. The number of benzene rings is 2. The van der Waals surface area contributed by atoms with Crippen LogP contribution in [-0.4, -0.2) is 29.1 Å². The van der Waals surface area contributed by atoms with E-state index in [0.29, 0.717) is 16.8 Å². The lowest BCUT2D eigenvalue weighted by Gasteiger charge is -2.12. The van der Waals surface area contributed by atoms with Gasteiger partial charge in [-0.15, -0.1) is 0 Å². The zero-order valence-electron chi connectivity index (χ0n) is 12.9. The van der Waals surface area contributed by atoms with Gasteiger partial charge in [-0.1, -0.05) is 18.2 Å². The molecule has 0 aliphatic carbocycles. The van der Waals surface area contributed by atoms with Crippen LogP contribution in [0.15, 0.2) is 48.0 Å². The normalized spacial score (nSPS) is 16.0. The molecule has 1 fully saturated rings. The van der Waals surface area contributed by atoms with Gasteiger partial charge in [0.2, 0.25) is 11.7 Å². The lowest BCUT2D eigenvalue weighted by Crippen LogP contribution is -2.28. The predicted molar refractivity (Wildman–Crippen MR) is 87.9 cm³/mol. The third kappa shape index (κ3) is 2.69. The van der Waals surface area contributed by atoms with E-state index in [9.17, 15) is 19.8 Å². The predicted octanol–water partition coefficient (Wildman–Crippen LogP) is 2.45. The van der Waals surface area contributed by atoms with Crippen molar-refractivity contribution in [2.45, 2.75) is 6.42 Å². The SMILES string of the molecule is COc1cc(C=C2CC(=O)N(c3ccccc3)C2=O)cc(O)c1O. The van der Waals surface area contributed by atoms with Gasteiger partial charge in [0.1, 0.15) is 0 Å². The maximum Gasteiger partial charge on any atom is 0.261 e. The van der Waals surface area contributed by atoms with Gasteiger partial charge in [0.05, 0.1) is 19.2 Å². The summed E-state index contributed by atoms with van der Waals surface area (Å²) in [6.45, 7) is 0. The molecule has 2 amide bonds. The lowest BCUT2D eigenvalue weighted by atomic mass is 10.1. The summed E-state index contributed by atoms with van der Waals surface area (Å²) in [5.41, 5.74) is 1.27. The highest BCUT2D eigenvalue weighted by atomic mass is 16.5. The Kier molecular flexibility index (Phi) is 3.95. The number of ether oxygens (including phenoxy) is 1. The third-order valence-electron chi connectivity index (χ3n) is 3.72. The summed E-state index contributed by atoms with van der Waals surface area (Å²) >= 11 is 0. The van der Waals surface area contributed by atoms with Crippen molar-refractivity contribution in [2.24, 2.45) is 0 Å². The Morgan fingerprint density at radius 2 is 1.83 bits per heavy atom. The van der Waals surface area contributed by atoms with Crippen LogP contribution in [0.1, 0.15) is 12.0 Å². The number of imide groups is 1. The first-order valence-electron chi connectivity index (χ1n) is 7.24. The Bertz CT molecular complexity index is 842. The molecule has 24 heavy (non-hydrogen) atoms. The van der Waals surface area contributed by atoms with Gasteiger partial charge in [-0.05, 0) is 35.9 Å². The average Bonchev–Trinajstić information content (AvgIpc) is 2.85. The van der Waals surface area contributed by atoms with E-state index >= 15 is 0 Å². The number of amides is 2. The van der Waals surface area contributed by atoms with Crippen LogP contribution < -0.4 is 9.64 Å². The lowest BCUT2D eigenvalue weighted by molar-refractivity contribution is -0.120. The monoisotopic (exact) mass is 325 g/mol. The standard InChI is InChI=1S/C18H15NO5/c1-24-15-9-11(8-14(20)17(15)22)7-12-10-16(21)19(18(12)23)13-5-3-2-4-6-13/h2-9,20,22H,10H2,1H3. The minimum absolute atomic E-state index is 0.0301. The molecule has 1 saturated heterocycles. The molecule has 6 heteroatoms. The molecule has 122 valence electrons. The summed E-state index contributed by atoms with van der Waals surface area (Å²) in [5, 5.41) is 19.4. The van der Waals surface area contributed by atoms with E-state index in [1.54, 1.807) is 30.3 Å². The van der Waals surface area contributed by atoms with Crippen molar-refractivity contribution in [1.82, 2.24) is 0 Å². The Labute approximate surface area is 138 Å². The molecule has 0 bridgehead atoms. The Morgan fingerprint density at radius 1 is 1.12 bits per heavy atom. The van der Waals surface area contributed by atoms with E-state index in [1.165, 1.54) is 25.3 Å². The number of nitrogens with zero attached hydrogens (tertiary/aromatic N) is 1. The maximum atomic E-state index is 12.5. The van der Waals surface area contributed by atoms with Crippen molar-refractivity contribution in [2.75, 3.05) is 12.0 Å². The molecule has 0 radical (unpaired) electrons. The molecule has 0 spiro atoms. The Balaban J connectivity index is 1.97. The molecular formula is C18H15NO5. The summed E-state index contributed by atoms with van der Waals surface area (Å²) in [6.07, 6.45) is 1.47. The van der Waals surface area contributed by atoms with Crippen LogP contribution in [-0.2, 0) is 9.59 Å². The topological polar surface area (TPSA) is 87.1 Å². The number of para-hydroxylation sites is 1. The minimum Gasteiger partial charge on any atom is -0.504 e. The van der Waals surface area contributed by atoms with Crippen LogP contribution >= 0.6 is 0 Å². The summed E-state index contributed by atoms with van der Waals surface area (Å²) in [6, 6.07) is 11.5. The van der Waals surface area contributed by atoms with Crippen molar-refractivity contribution in [1.29, 1.82) is 0 Å². The number of phenolic OH excluding ortho intramolecular Hbond substituents is 2. The number of rotatable bonds is 3. The minimum atomic E-state index is -0.405. The second-order valence-corrected chi connectivity index (χ2v) is 5.31. The zero-order chi connectivity index (χ0) is 17.3. The van der Waals surface area contributed by atoms with Crippen molar-refractivity contribution in [3.63, 3.8) is 0 Å². The summed E-state index contributed by atoms with van der Waals surface area (Å²) < 4.78 is 4.97. The van der Waals surface area contributed by atoms with Gasteiger partial charge in [0, 0.05) is 5.57 Å². The maximum absolute atomic E-state index is 12.5. The first-order chi connectivity index (χ1) is 11.5. The van der Waals surface area contributed by atoms with Gasteiger partial charge >= 0.3 is 0 Å². The highest BCUT2D eigenvalue weighted by Crippen LogP contribution is 2.37. The van der Waals surface area contributed by atoms with Crippen molar-refractivity contribution in [3.8, 4) is 17.2 Å². The molecule has 0 atom stereocenters. The van der Waals surface area contributed by atoms with E-state index in [-0.39, 0.29) is 29.6 Å². The quantitative estimate of drug-likeness (QED) is 0.514. The summed E-state index contributed by atoms with van der Waals surface area (Å²) in [7, 11) is 1.35. The number of anilines is 1. The van der Waals surface area contributed by atoms with Gasteiger partial charge in [-0.2, -0.15) is 0 Å². The zero-order valence-corrected chi connectivity index (χ0v) is 12.9. The number of carbonyl (C=O) groups excluding carboxylic acids is 2. The molecule has 1 heterocycles. The molecule has 1 aliphatic heterocycles. The number of carbonyl (C=O) groups is 2. The molecule has 1 aliphatic rings. The van der Waals surface area contributed by atoms with Crippen LogP contribution in [0.25, 0.3) is 6.08 Å². The Morgan fingerprint density at radius 3 is 2.50 bits per heavy atom. The van der Waals surface area contributed by atoms with Crippen LogP contribution in [0.4, 0.5) is 5.69 Å². The summed E-state index contributed by atoms with van der Waals surface area (Å²) in [4.78, 5) is 25.8. The number of aromatic hydroxyl groups is 2. The van der Waals surface area contributed by atoms with Crippen LogP contribution in [0, 0.1) is 0 Å². The molecule has 3 rings (SSSR count). The number of phenols is 2. The fourth-order valence-electron chi connectivity index (χ4n) is 2.58. The van der Waals surface area contributed by atoms with Crippen LogP contribution in [0.5, 0.6) is 17.2 Å². The number of hydrogen-bond acceptors (Lipinski definition) is 5.